The highest BCUT2D eigenvalue weighted by Crippen LogP contribution is 2.27. The van der Waals surface area contributed by atoms with Gasteiger partial charge in [-0.1, -0.05) is 39.0 Å². The minimum atomic E-state index is -0.259. The molecular weight excluding hydrogens is 362 g/mol. The number of carbonyl (C=O) groups excluding carboxylic acids is 1. The highest BCUT2D eigenvalue weighted by atomic mass is 16.1. The number of para-hydroxylation sites is 1. The quantitative estimate of drug-likeness (QED) is 0.718. The van der Waals surface area contributed by atoms with Gasteiger partial charge >= 0.3 is 0 Å². The molecular formula is C23H27N5O. The van der Waals surface area contributed by atoms with Gasteiger partial charge in [-0.25, -0.2) is 9.67 Å². The molecule has 6 nitrogen and oxygen atoms in total. The Morgan fingerprint density at radius 2 is 1.76 bits per heavy atom. The second kappa shape index (κ2) is 7.70. The number of nitrogens with one attached hydrogen (secondary N) is 1. The van der Waals surface area contributed by atoms with E-state index in [1.165, 1.54) is 12.8 Å². The molecule has 1 N–H and O–H groups in total. The molecule has 3 heterocycles. The average Bonchev–Trinajstić information content (AvgIpc) is 3.39. The Morgan fingerprint density at radius 3 is 2.38 bits per heavy atom. The van der Waals surface area contributed by atoms with Crippen LogP contribution in [-0.2, 0) is 5.41 Å². The fraction of sp³-hybridized carbons (Fsp3) is 0.348. The van der Waals surface area contributed by atoms with Gasteiger partial charge in [0.05, 0.1) is 28.8 Å². The smallest absolute Gasteiger partial charge is 0.259 e. The molecule has 0 atom stereocenters. The van der Waals surface area contributed by atoms with E-state index in [1.54, 1.807) is 17.1 Å². The van der Waals surface area contributed by atoms with E-state index in [0.29, 0.717) is 11.3 Å². The van der Waals surface area contributed by atoms with E-state index in [4.69, 9.17) is 5.10 Å². The highest BCUT2D eigenvalue weighted by Gasteiger charge is 2.26. The average molecular weight is 390 g/mol. The maximum atomic E-state index is 13.1. The van der Waals surface area contributed by atoms with Gasteiger partial charge in [0, 0.05) is 24.7 Å². The van der Waals surface area contributed by atoms with Crippen molar-refractivity contribution < 1.29 is 4.79 Å². The van der Waals surface area contributed by atoms with E-state index in [0.717, 1.165) is 30.3 Å². The molecule has 4 rings (SSSR count). The lowest BCUT2D eigenvalue weighted by molar-refractivity contribution is 0.102. The van der Waals surface area contributed by atoms with Gasteiger partial charge in [0.2, 0.25) is 0 Å². The second-order valence-electron chi connectivity index (χ2n) is 8.47. The van der Waals surface area contributed by atoms with Crippen molar-refractivity contribution in [2.24, 2.45) is 0 Å². The van der Waals surface area contributed by atoms with E-state index < -0.39 is 0 Å². The van der Waals surface area contributed by atoms with E-state index >= 15 is 0 Å². The number of hydrogen-bond donors (Lipinski definition) is 1. The summed E-state index contributed by atoms with van der Waals surface area (Å²) in [5.74, 6) is 0.792. The topological polar surface area (TPSA) is 63.1 Å². The molecule has 2 aromatic heterocycles. The normalized spacial score (nSPS) is 14.2. The zero-order chi connectivity index (χ0) is 20.4. The summed E-state index contributed by atoms with van der Waals surface area (Å²) in [6.45, 7) is 8.29. The predicted octanol–water partition coefficient (Wildman–Crippen LogP) is 4.42. The standard InChI is InChI=1S/C23H27N5O/c1-23(2,3)21-19(16-28(26-21)18-9-5-4-6-10-18)22(29)25-17-11-12-20(24-15-17)27-13-7-8-14-27/h4-6,9-12,15-16H,7-8,13-14H2,1-3H3,(H,25,29). The summed E-state index contributed by atoms with van der Waals surface area (Å²) in [6.07, 6.45) is 5.95. The molecule has 3 aromatic rings. The van der Waals surface area contributed by atoms with Crippen LogP contribution in [0.5, 0.6) is 0 Å². The summed E-state index contributed by atoms with van der Waals surface area (Å²) in [7, 11) is 0. The van der Waals surface area contributed by atoms with Crippen LogP contribution in [0.1, 0.15) is 49.7 Å². The fourth-order valence-electron chi connectivity index (χ4n) is 3.60. The Bertz CT molecular complexity index is 980. The maximum Gasteiger partial charge on any atom is 0.259 e. The van der Waals surface area contributed by atoms with Crippen LogP contribution < -0.4 is 10.2 Å². The number of aromatic nitrogens is 3. The van der Waals surface area contributed by atoms with Crippen LogP contribution in [-0.4, -0.2) is 33.8 Å². The van der Waals surface area contributed by atoms with Gasteiger partial charge in [0.25, 0.3) is 5.91 Å². The highest BCUT2D eigenvalue weighted by molar-refractivity contribution is 6.05. The predicted molar refractivity (Wildman–Crippen MR) is 116 cm³/mol. The molecule has 29 heavy (non-hydrogen) atoms. The van der Waals surface area contributed by atoms with Gasteiger partial charge in [-0.2, -0.15) is 5.10 Å². The van der Waals surface area contributed by atoms with Gasteiger partial charge in [0.15, 0.2) is 0 Å². The summed E-state index contributed by atoms with van der Waals surface area (Å²) >= 11 is 0. The second-order valence-corrected chi connectivity index (χ2v) is 8.47. The Hall–Kier alpha value is -3.15. The van der Waals surface area contributed by atoms with E-state index in [9.17, 15) is 4.79 Å². The molecule has 0 saturated carbocycles. The van der Waals surface area contributed by atoms with Crippen LogP contribution in [0.2, 0.25) is 0 Å². The van der Waals surface area contributed by atoms with Crippen LogP contribution in [0, 0.1) is 0 Å². The molecule has 0 spiro atoms. The first-order chi connectivity index (χ1) is 13.9. The third-order valence-corrected chi connectivity index (χ3v) is 5.13. The van der Waals surface area contributed by atoms with Crippen molar-refractivity contribution in [1.82, 2.24) is 14.8 Å². The summed E-state index contributed by atoms with van der Waals surface area (Å²) < 4.78 is 1.77. The minimum absolute atomic E-state index is 0.173. The molecule has 1 saturated heterocycles. The lowest BCUT2D eigenvalue weighted by Gasteiger charge is -2.18. The molecule has 150 valence electrons. The Labute approximate surface area is 171 Å². The maximum absolute atomic E-state index is 13.1. The Kier molecular flexibility index (Phi) is 5.09. The molecule has 0 unspecified atom stereocenters. The van der Waals surface area contributed by atoms with Crippen LogP contribution in [0.3, 0.4) is 0 Å². The van der Waals surface area contributed by atoms with Gasteiger partial charge in [-0.3, -0.25) is 4.79 Å². The molecule has 0 radical (unpaired) electrons. The first-order valence-electron chi connectivity index (χ1n) is 10.1. The minimum Gasteiger partial charge on any atom is -0.357 e. The zero-order valence-corrected chi connectivity index (χ0v) is 17.2. The number of anilines is 2. The van der Waals surface area contributed by atoms with E-state index in [-0.39, 0.29) is 11.3 Å². The lowest BCUT2D eigenvalue weighted by atomic mass is 9.89. The van der Waals surface area contributed by atoms with Gasteiger partial charge in [0.1, 0.15) is 5.82 Å². The number of hydrogen-bond acceptors (Lipinski definition) is 4. The fourth-order valence-corrected chi connectivity index (χ4v) is 3.60. The van der Waals surface area contributed by atoms with Crippen molar-refractivity contribution in [3.63, 3.8) is 0 Å². The summed E-state index contributed by atoms with van der Waals surface area (Å²) in [5.41, 5.74) is 2.69. The molecule has 1 fully saturated rings. The molecule has 1 aromatic carbocycles. The third-order valence-electron chi connectivity index (χ3n) is 5.13. The van der Waals surface area contributed by atoms with Gasteiger partial charge in [-0.05, 0) is 37.1 Å². The Balaban J connectivity index is 1.58. The van der Waals surface area contributed by atoms with Crippen LogP contribution in [0.25, 0.3) is 5.69 Å². The number of nitrogens with zero attached hydrogens (tertiary/aromatic N) is 4. The van der Waals surface area contributed by atoms with Crippen molar-refractivity contribution >= 4 is 17.4 Å². The monoisotopic (exact) mass is 389 g/mol. The van der Waals surface area contributed by atoms with E-state index in [2.05, 4.69) is 36.0 Å². The molecule has 1 aliphatic rings. The SMILES string of the molecule is CC(C)(C)c1nn(-c2ccccc2)cc1C(=O)Nc1ccc(N2CCCC2)nc1. The molecule has 0 bridgehead atoms. The third kappa shape index (κ3) is 4.16. The molecule has 6 heteroatoms. The van der Waals surface area contributed by atoms with Crippen LogP contribution in [0.4, 0.5) is 11.5 Å². The van der Waals surface area contributed by atoms with Crippen LogP contribution in [0.15, 0.2) is 54.9 Å². The first kappa shape index (κ1) is 19.2. The Morgan fingerprint density at radius 1 is 1.03 bits per heavy atom. The van der Waals surface area contributed by atoms with Gasteiger partial charge < -0.3 is 10.2 Å². The summed E-state index contributed by atoms with van der Waals surface area (Å²) in [5, 5.41) is 7.69. The number of amides is 1. The van der Waals surface area contributed by atoms with Crippen molar-refractivity contribution in [3.8, 4) is 5.69 Å². The van der Waals surface area contributed by atoms with Crippen molar-refractivity contribution in [3.05, 3.63) is 66.1 Å². The molecule has 1 amide bonds. The number of carbonyl (C=O) groups is 1. The largest absolute Gasteiger partial charge is 0.357 e. The van der Waals surface area contributed by atoms with Crippen molar-refractivity contribution in [2.45, 2.75) is 39.0 Å². The molecule has 1 aliphatic heterocycles. The molecule has 0 aliphatic carbocycles. The van der Waals surface area contributed by atoms with Gasteiger partial charge in [-0.15, -0.1) is 0 Å². The first-order valence-corrected chi connectivity index (χ1v) is 10.1. The van der Waals surface area contributed by atoms with E-state index in [1.807, 2.05) is 42.5 Å². The van der Waals surface area contributed by atoms with Crippen LogP contribution >= 0.6 is 0 Å². The number of benzene rings is 1. The summed E-state index contributed by atoms with van der Waals surface area (Å²) in [6, 6.07) is 13.7. The van der Waals surface area contributed by atoms with Crippen molar-refractivity contribution in [1.29, 1.82) is 0 Å². The summed E-state index contributed by atoms with van der Waals surface area (Å²) in [4.78, 5) is 19.9. The zero-order valence-electron chi connectivity index (χ0n) is 17.2. The number of pyridine rings is 1. The lowest BCUT2D eigenvalue weighted by Crippen LogP contribution is -2.21. The number of rotatable bonds is 4. The van der Waals surface area contributed by atoms with Crippen molar-refractivity contribution in [2.75, 3.05) is 23.3 Å².